The topological polar surface area (TPSA) is 62.9 Å². The molecular weight excluding hydrogens is 372 g/mol. The average Bonchev–Trinajstić information content (AvgIpc) is 3.44. The van der Waals surface area contributed by atoms with Crippen LogP contribution in [0.1, 0.15) is 19.1 Å². The third kappa shape index (κ3) is 4.20. The fourth-order valence-corrected chi connectivity index (χ4v) is 4.46. The molecule has 7 heteroatoms. The van der Waals surface area contributed by atoms with Crippen molar-refractivity contribution < 1.29 is 9.15 Å². The Morgan fingerprint density at radius 2 is 2.25 bits per heavy atom. The van der Waals surface area contributed by atoms with Crippen molar-refractivity contribution in [3.05, 3.63) is 42.2 Å². The molecular formula is C21H26N4O2S. The van der Waals surface area contributed by atoms with E-state index in [0.29, 0.717) is 12.5 Å². The number of ether oxygens (including phenoxy) is 1. The standard InChI is InChI=1S/C21H26N4O2S/c1-3-22-21(25-11-10-15(13-25)14-26-2)23-12-16-8-9-18(27-16)20-24-17-6-4-5-7-19(17)28-20/h4-9,15H,3,10-14H2,1-2H3,(H,22,23). The van der Waals surface area contributed by atoms with Crippen molar-refractivity contribution in [1.82, 2.24) is 15.2 Å². The molecule has 0 saturated carbocycles. The van der Waals surface area contributed by atoms with Crippen LogP contribution in [0.2, 0.25) is 0 Å². The van der Waals surface area contributed by atoms with Gasteiger partial charge in [0.25, 0.3) is 0 Å². The molecule has 0 spiro atoms. The number of furan rings is 1. The number of hydrogen-bond donors (Lipinski definition) is 1. The third-order valence-electron chi connectivity index (χ3n) is 4.87. The molecule has 2 aromatic heterocycles. The molecule has 1 unspecified atom stereocenters. The fourth-order valence-electron chi connectivity index (χ4n) is 3.53. The summed E-state index contributed by atoms with van der Waals surface area (Å²) >= 11 is 1.65. The van der Waals surface area contributed by atoms with Crippen LogP contribution in [0.3, 0.4) is 0 Å². The Hall–Kier alpha value is -2.38. The van der Waals surface area contributed by atoms with Gasteiger partial charge >= 0.3 is 0 Å². The van der Waals surface area contributed by atoms with E-state index in [-0.39, 0.29) is 0 Å². The minimum Gasteiger partial charge on any atom is -0.457 e. The van der Waals surface area contributed by atoms with Gasteiger partial charge in [0.15, 0.2) is 16.7 Å². The Bertz CT molecular complexity index is 916. The first kappa shape index (κ1) is 19.0. The molecule has 0 aliphatic carbocycles. The van der Waals surface area contributed by atoms with Gasteiger partial charge in [-0.2, -0.15) is 0 Å². The number of likely N-dealkylation sites (tertiary alicyclic amines) is 1. The van der Waals surface area contributed by atoms with Crippen LogP contribution in [0.4, 0.5) is 0 Å². The Labute approximate surface area is 169 Å². The zero-order valence-corrected chi connectivity index (χ0v) is 17.2. The number of guanidine groups is 1. The van der Waals surface area contributed by atoms with Crippen molar-refractivity contribution in [2.24, 2.45) is 10.9 Å². The molecule has 0 bridgehead atoms. The van der Waals surface area contributed by atoms with Crippen molar-refractivity contribution in [1.29, 1.82) is 0 Å². The maximum atomic E-state index is 6.02. The van der Waals surface area contributed by atoms with Gasteiger partial charge in [-0.05, 0) is 37.6 Å². The Kier molecular flexibility index (Phi) is 5.92. The molecule has 6 nitrogen and oxygen atoms in total. The fraction of sp³-hybridized carbons (Fsp3) is 0.429. The molecule has 1 fully saturated rings. The Morgan fingerprint density at radius 1 is 1.36 bits per heavy atom. The number of rotatable bonds is 6. The monoisotopic (exact) mass is 398 g/mol. The number of aliphatic imine (C=N–C) groups is 1. The summed E-state index contributed by atoms with van der Waals surface area (Å²) in [4.78, 5) is 11.8. The van der Waals surface area contributed by atoms with Crippen LogP contribution in [0.5, 0.6) is 0 Å². The number of hydrogen-bond acceptors (Lipinski definition) is 5. The van der Waals surface area contributed by atoms with Gasteiger partial charge in [0.1, 0.15) is 12.3 Å². The van der Waals surface area contributed by atoms with E-state index in [9.17, 15) is 0 Å². The highest BCUT2D eigenvalue weighted by atomic mass is 32.1. The lowest BCUT2D eigenvalue weighted by atomic mass is 10.1. The lowest BCUT2D eigenvalue weighted by Gasteiger charge is -2.21. The van der Waals surface area contributed by atoms with Crippen LogP contribution in [0.25, 0.3) is 21.0 Å². The first-order valence-electron chi connectivity index (χ1n) is 9.73. The zero-order valence-electron chi connectivity index (χ0n) is 16.4. The number of nitrogens with zero attached hydrogens (tertiary/aromatic N) is 3. The molecule has 1 aliphatic rings. The number of fused-ring (bicyclic) bond motifs is 1. The SMILES string of the molecule is CCNC(=NCc1ccc(-c2nc3ccccc3s2)o1)N1CCC(COC)C1. The minimum absolute atomic E-state index is 0.513. The summed E-state index contributed by atoms with van der Waals surface area (Å²) in [6.45, 7) is 6.25. The van der Waals surface area contributed by atoms with E-state index < -0.39 is 0 Å². The van der Waals surface area contributed by atoms with Crippen molar-refractivity contribution in [2.45, 2.75) is 19.9 Å². The smallest absolute Gasteiger partial charge is 0.194 e. The lowest BCUT2D eigenvalue weighted by Crippen LogP contribution is -2.40. The molecule has 1 aliphatic heterocycles. The number of methoxy groups -OCH3 is 1. The first-order chi connectivity index (χ1) is 13.8. The van der Waals surface area contributed by atoms with Gasteiger partial charge in [-0.15, -0.1) is 11.3 Å². The van der Waals surface area contributed by atoms with Gasteiger partial charge in [0.05, 0.1) is 16.8 Å². The van der Waals surface area contributed by atoms with Gasteiger partial charge in [-0.25, -0.2) is 9.98 Å². The molecule has 1 N–H and O–H groups in total. The summed E-state index contributed by atoms with van der Waals surface area (Å²) in [5.41, 5.74) is 1.01. The van der Waals surface area contributed by atoms with Crippen molar-refractivity contribution in [3.8, 4) is 10.8 Å². The molecule has 3 aromatic rings. The molecule has 1 saturated heterocycles. The van der Waals surface area contributed by atoms with Crippen LogP contribution < -0.4 is 5.32 Å². The second kappa shape index (κ2) is 8.75. The Balaban J connectivity index is 1.45. The predicted molar refractivity (Wildman–Crippen MR) is 114 cm³/mol. The summed E-state index contributed by atoms with van der Waals surface area (Å²) in [6, 6.07) is 12.1. The largest absolute Gasteiger partial charge is 0.457 e. The van der Waals surface area contributed by atoms with E-state index in [2.05, 4.69) is 28.2 Å². The number of benzene rings is 1. The third-order valence-corrected chi connectivity index (χ3v) is 5.92. The van der Waals surface area contributed by atoms with E-state index in [1.165, 1.54) is 4.70 Å². The van der Waals surface area contributed by atoms with E-state index in [1.54, 1.807) is 18.4 Å². The highest BCUT2D eigenvalue weighted by molar-refractivity contribution is 7.21. The van der Waals surface area contributed by atoms with Crippen LogP contribution in [-0.4, -0.2) is 49.2 Å². The highest BCUT2D eigenvalue weighted by Gasteiger charge is 2.24. The summed E-state index contributed by atoms with van der Waals surface area (Å²) in [5.74, 6) is 3.16. The predicted octanol–water partition coefficient (Wildman–Crippen LogP) is 3.99. The number of nitrogens with one attached hydrogen (secondary N) is 1. The van der Waals surface area contributed by atoms with E-state index in [1.807, 2.05) is 30.3 Å². The second-order valence-corrected chi connectivity index (χ2v) is 8.01. The molecule has 0 radical (unpaired) electrons. The van der Waals surface area contributed by atoms with Crippen LogP contribution in [0, 0.1) is 5.92 Å². The normalized spacial score (nSPS) is 17.6. The molecule has 0 amide bonds. The Morgan fingerprint density at radius 3 is 3.07 bits per heavy atom. The average molecular weight is 399 g/mol. The van der Waals surface area contributed by atoms with E-state index in [4.69, 9.17) is 14.1 Å². The summed E-state index contributed by atoms with van der Waals surface area (Å²) in [7, 11) is 1.77. The maximum Gasteiger partial charge on any atom is 0.194 e. The van der Waals surface area contributed by atoms with Gasteiger partial charge in [-0.1, -0.05) is 12.1 Å². The van der Waals surface area contributed by atoms with Crippen molar-refractivity contribution in [3.63, 3.8) is 0 Å². The second-order valence-electron chi connectivity index (χ2n) is 6.98. The maximum absolute atomic E-state index is 6.02. The van der Waals surface area contributed by atoms with Crippen molar-refractivity contribution >= 4 is 27.5 Å². The minimum atomic E-state index is 0.513. The van der Waals surface area contributed by atoms with Gasteiger partial charge in [0.2, 0.25) is 0 Å². The summed E-state index contributed by atoms with van der Waals surface area (Å²) in [6.07, 6.45) is 1.14. The molecule has 1 aromatic carbocycles. The lowest BCUT2D eigenvalue weighted by molar-refractivity contribution is 0.157. The summed E-state index contributed by atoms with van der Waals surface area (Å²) in [5, 5.41) is 4.30. The molecule has 28 heavy (non-hydrogen) atoms. The van der Waals surface area contributed by atoms with Crippen LogP contribution in [0.15, 0.2) is 45.8 Å². The molecule has 1 atom stereocenters. The van der Waals surface area contributed by atoms with E-state index in [0.717, 1.165) is 60.7 Å². The van der Waals surface area contributed by atoms with Gasteiger partial charge in [0, 0.05) is 32.7 Å². The summed E-state index contributed by atoms with van der Waals surface area (Å²) < 4.78 is 12.5. The quantitative estimate of drug-likeness (QED) is 0.502. The number of para-hydroxylation sites is 1. The first-order valence-corrected chi connectivity index (χ1v) is 10.6. The van der Waals surface area contributed by atoms with Gasteiger partial charge in [-0.3, -0.25) is 0 Å². The number of thiazole rings is 1. The zero-order chi connectivity index (χ0) is 19.3. The number of aromatic nitrogens is 1. The van der Waals surface area contributed by atoms with Crippen molar-refractivity contribution in [2.75, 3.05) is 33.4 Å². The molecule has 3 heterocycles. The van der Waals surface area contributed by atoms with Crippen LogP contribution in [-0.2, 0) is 11.3 Å². The highest BCUT2D eigenvalue weighted by Crippen LogP contribution is 2.31. The van der Waals surface area contributed by atoms with Gasteiger partial charge < -0.3 is 19.4 Å². The van der Waals surface area contributed by atoms with E-state index >= 15 is 0 Å². The molecule has 4 rings (SSSR count). The molecule has 148 valence electrons. The van der Waals surface area contributed by atoms with Crippen LogP contribution >= 0.6 is 11.3 Å².